The molecule has 0 saturated heterocycles. The van der Waals surface area contributed by atoms with E-state index in [0.29, 0.717) is 17.2 Å². The SMILES string of the molecule is O=C(CCNC(=O)c1ccsc1)Nc1nc(-c2cccs2)cs1. The fraction of sp³-hybridized carbons (Fsp3) is 0.133. The van der Waals surface area contributed by atoms with Gasteiger partial charge in [-0.1, -0.05) is 6.07 Å². The first kappa shape index (κ1) is 15.9. The lowest BCUT2D eigenvalue weighted by Gasteiger charge is -2.03. The van der Waals surface area contributed by atoms with Crippen LogP contribution in [0.25, 0.3) is 10.6 Å². The predicted molar refractivity (Wildman–Crippen MR) is 95.3 cm³/mol. The van der Waals surface area contributed by atoms with Crippen molar-refractivity contribution < 1.29 is 9.59 Å². The van der Waals surface area contributed by atoms with Crippen molar-refractivity contribution in [2.75, 3.05) is 11.9 Å². The summed E-state index contributed by atoms with van der Waals surface area (Å²) in [7, 11) is 0. The van der Waals surface area contributed by atoms with Gasteiger partial charge in [0.2, 0.25) is 5.91 Å². The van der Waals surface area contributed by atoms with Crippen LogP contribution in [0.5, 0.6) is 0 Å². The molecule has 2 amide bonds. The first-order chi connectivity index (χ1) is 11.2. The van der Waals surface area contributed by atoms with E-state index < -0.39 is 0 Å². The number of hydrogen-bond donors (Lipinski definition) is 2. The fourth-order valence-electron chi connectivity index (χ4n) is 1.84. The van der Waals surface area contributed by atoms with E-state index in [1.54, 1.807) is 22.8 Å². The van der Waals surface area contributed by atoms with Crippen LogP contribution in [0.4, 0.5) is 5.13 Å². The molecular formula is C15H13N3O2S3. The highest BCUT2D eigenvalue weighted by Crippen LogP contribution is 2.28. The highest BCUT2D eigenvalue weighted by Gasteiger charge is 2.10. The van der Waals surface area contributed by atoms with E-state index in [4.69, 9.17) is 0 Å². The molecule has 0 aromatic carbocycles. The van der Waals surface area contributed by atoms with E-state index in [2.05, 4.69) is 15.6 Å². The van der Waals surface area contributed by atoms with Gasteiger partial charge in [0, 0.05) is 29.3 Å². The number of amides is 2. The summed E-state index contributed by atoms with van der Waals surface area (Å²) in [4.78, 5) is 29.1. The molecule has 0 fully saturated rings. The van der Waals surface area contributed by atoms with Gasteiger partial charge < -0.3 is 10.6 Å². The maximum Gasteiger partial charge on any atom is 0.252 e. The third kappa shape index (κ3) is 4.25. The Hall–Kier alpha value is -2.03. The third-order valence-corrected chi connectivity index (χ3v) is 5.28. The number of thiazole rings is 1. The maximum atomic E-state index is 11.9. The molecule has 8 heteroatoms. The van der Waals surface area contributed by atoms with Crippen LogP contribution < -0.4 is 10.6 Å². The molecule has 0 radical (unpaired) electrons. The van der Waals surface area contributed by atoms with E-state index >= 15 is 0 Å². The second kappa shape index (κ2) is 7.49. The first-order valence-electron chi connectivity index (χ1n) is 6.82. The van der Waals surface area contributed by atoms with E-state index in [1.165, 1.54) is 22.7 Å². The number of thiophene rings is 2. The average Bonchev–Trinajstić information content (AvgIpc) is 3.28. The van der Waals surface area contributed by atoms with Crippen LogP contribution in [0.2, 0.25) is 0 Å². The number of nitrogens with zero attached hydrogens (tertiary/aromatic N) is 1. The van der Waals surface area contributed by atoms with Crippen molar-refractivity contribution in [2.45, 2.75) is 6.42 Å². The van der Waals surface area contributed by atoms with E-state index in [-0.39, 0.29) is 18.2 Å². The van der Waals surface area contributed by atoms with Gasteiger partial charge in [-0.15, -0.1) is 22.7 Å². The van der Waals surface area contributed by atoms with Gasteiger partial charge in [0.1, 0.15) is 0 Å². The van der Waals surface area contributed by atoms with Crippen molar-refractivity contribution in [3.05, 3.63) is 45.3 Å². The summed E-state index contributed by atoms with van der Waals surface area (Å²) in [5.74, 6) is -0.323. The van der Waals surface area contributed by atoms with Gasteiger partial charge in [-0.05, 0) is 22.9 Å². The van der Waals surface area contributed by atoms with Crippen molar-refractivity contribution in [2.24, 2.45) is 0 Å². The Morgan fingerprint density at radius 3 is 2.78 bits per heavy atom. The highest BCUT2D eigenvalue weighted by atomic mass is 32.1. The van der Waals surface area contributed by atoms with Crippen LogP contribution in [0.15, 0.2) is 39.7 Å². The number of aromatic nitrogens is 1. The summed E-state index contributed by atoms with van der Waals surface area (Å²) in [6.07, 6.45) is 0.212. The van der Waals surface area contributed by atoms with Gasteiger partial charge in [-0.25, -0.2) is 4.98 Å². The van der Waals surface area contributed by atoms with Crippen molar-refractivity contribution in [3.8, 4) is 10.6 Å². The van der Waals surface area contributed by atoms with Crippen molar-refractivity contribution in [1.82, 2.24) is 10.3 Å². The molecule has 0 spiro atoms. The minimum absolute atomic E-state index is 0.159. The van der Waals surface area contributed by atoms with Crippen LogP contribution in [0, 0.1) is 0 Å². The largest absolute Gasteiger partial charge is 0.351 e. The van der Waals surface area contributed by atoms with Crippen LogP contribution in [0.1, 0.15) is 16.8 Å². The summed E-state index contributed by atoms with van der Waals surface area (Å²) < 4.78 is 0. The fourth-order valence-corrected chi connectivity index (χ4v) is 3.96. The summed E-state index contributed by atoms with van der Waals surface area (Å²) in [6.45, 7) is 0.295. The molecule has 3 aromatic rings. The Morgan fingerprint density at radius 2 is 2.04 bits per heavy atom. The van der Waals surface area contributed by atoms with Gasteiger partial charge in [-0.3, -0.25) is 9.59 Å². The van der Waals surface area contributed by atoms with E-state index in [9.17, 15) is 9.59 Å². The van der Waals surface area contributed by atoms with Crippen LogP contribution in [0.3, 0.4) is 0 Å². The molecule has 0 atom stereocenters. The Labute approximate surface area is 145 Å². The predicted octanol–water partition coefficient (Wildman–Crippen LogP) is 3.69. The zero-order chi connectivity index (χ0) is 16.1. The molecule has 3 aromatic heterocycles. The van der Waals surface area contributed by atoms with Gasteiger partial charge in [0.25, 0.3) is 5.91 Å². The lowest BCUT2D eigenvalue weighted by molar-refractivity contribution is -0.116. The van der Waals surface area contributed by atoms with E-state index in [1.807, 2.05) is 28.3 Å². The lowest BCUT2D eigenvalue weighted by Crippen LogP contribution is -2.27. The molecule has 0 aliphatic heterocycles. The Morgan fingerprint density at radius 1 is 1.13 bits per heavy atom. The number of nitrogens with one attached hydrogen (secondary N) is 2. The zero-order valence-electron chi connectivity index (χ0n) is 11.9. The minimum Gasteiger partial charge on any atom is -0.351 e. The molecule has 0 aliphatic carbocycles. The molecule has 3 heterocycles. The molecule has 0 bridgehead atoms. The first-order valence-corrected chi connectivity index (χ1v) is 9.52. The highest BCUT2D eigenvalue weighted by molar-refractivity contribution is 7.16. The number of anilines is 1. The van der Waals surface area contributed by atoms with Crippen LogP contribution in [-0.4, -0.2) is 23.3 Å². The Balaban J connectivity index is 1.45. The van der Waals surface area contributed by atoms with Gasteiger partial charge in [0.05, 0.1) is 10.6 Å². The monoisotopic (exact) mass is 363 g/mol. The molecule has 23 heavy (non-hydrogen) atoms. The molecule has 0 aliphatic rings. The van der Waals surface area contributed by atoms with Crippen LogP contribution >= 0.6 is 34.0 Å². The van der Waals surface area contributed by atoms with Crippen LogP contribution in [-0.2, 0) is 4.79 Å². The zero-order valence-corrected chi connectivity index (χ0v) is 14.4. The summed E-state index contributed by atoms with van der Waals surface area (Å²) in [5, 5.41) is 13.6. The second-order valence-corrected chi connectivity index (χ2v) is 7.17. The van der Waals surface area contributed by atoms with E-state index in [0.717, 1.165) is 10.6 Å². The average molecular weight is 363 g/mol. The number of carbonyl (C=O) groups is 2. The summed E-state index contributed by atoms with van der Waals surface area (Å²) in [5.41, 5.74) is 1.49. The molecule has 2 N–H and O–H groups in total. The number of rotatable bonds is 6. The van der Waals surface area contributed by atoms with Gasteiger partial charge >= 0.3 is 0 Å². The molecule has 0 unspecified atom stereocenters. The van der Waals surface area contributed by atoms with Crippen molar-refractivity contribution in [1.29, 1.82) is 0 Å². The molecule has 5 nitrogen and oxygen atoms in total. The van der Waals surface area contributed by atoms with Gasteiger partial charge in [-0.2, -0.15) is 11.3 Å². The quantitative estimate of drug-likeness (QED) is 0.702. The van der Waals surface area contributed by atoms with Crippen molar-refractivity contribution in [3.63, 3.8) is 0 Å². The summed E-state index contributed by atoms with van der Waals surface area (Å²) in [6, 6.07) is 5.71. The smallest absolute Gasteiger partial charge is 0.252 e. The molecule has 0 saturated carbocycles. The second-order valence-electron chi connectivity index (χ2n) is 4.58. The molecule has 118 valence electrons. The molecular weight excluding hydrogens is 350 g/mol. The van der Waals surface area contributed by atoms with Crippen molar-refractivity contribution >= 4 is 51.0 Å². The topological polar surface area (TPSA) is 71.1 Å². The van der Waals surface area contributed by atoms with Gasteiger partial charge in [0.15, 0.2) is 5.13 Å². The summed E-state index contributed by atoms with van der Waals surface area (Å²) >= 11 is 4.46. The third-order valence-electron chi connectivity index (χ3n) is 2.95. The standard InChI is InChI=1S/C15H13N3O2S3/c19-13(3-5-16-14(20)10-4-7-21-8-10)18-15-17-11(9-23-15)12-2-1-6-22-12/h1-2,4,6-9H,3,5H2,(H,16,20)(H,17,18,19). The Bertz CT molecular complexity index is 779. The minimum atomic E-state index is -0.164. The molecule has 3 rings (SSSR count). The number of hydrogen-bond acceptors (Lipinski definition) is 6. The Kier molecular flexibility index (Phi) is 5.16. The number of carbonyl (C=O) groups excluding carboxylic acids is 2. The maximum absolute atomic E-state index is 11.9. The normalized spacial score (nSPS) is 10.4. The lowest BCUT2D eigenvalue weighted by atomic mass is 10.3.